The molecule has 0 fully saturated rings. The van der Waals surface area contributed by atoms with Gasteiger partial charge in [-0.25, -0.2) is 0 Å². The van der Waals surface area contributed by atoms with E-state index in [0.717, 1.165) is 6.08 Å². The van der Waals surface area contributed by atoms with Gasteiger partial charge < -0.3 is 0 Å². The van der Waals surface area contributed by atoms with Crippen molar-refractivity contribution in [2.75, 3.05) is 0 Å². The summed E-state index contributed by atoms with van der Waals surface area (Å²) in [6.07, 6.45) is 0.303. The molecule has 0 saturated heterocycles. The molecule has 0 aromatic heterocycles. The summed E-state index contributed by atoms with van der Waals surface area (Å²) < 4.78 is 0. The summed E-state index contributed by atoms with van der Waals surface area (Å²) in [4.78, 5) is 50.3. The molecule has 1 unspecified atom stereocenters. The Bertz CT molecular complexity index is 840. The molecule has 2 aliphatic rings. The summed E-state index contributed by atoms with van der Waals surface area (Å²) in [5.74, 6) is -2.00. The topological polar surface area (TPSA) is 80.6 Å². The van der Waals surface area contributed by atoms with E-state index in [0.29, 0.717) is 5.56 Å². The Morgan fingerprint density at radius 3 is 2.39 bits per heavy atom. The number of nitrogens with zero attached hydrogens (tertiary/aromatic N) is 1. The first-order valence-electron chi connectivity index (χ1n) is 6.71. The smallest absolute Gasteiger partial charge is 0.217 e. The number of alkyl halides is 1. The maximum absolute atomic E-state index is 12.5. The molecule has 0 saturated carbocycles. The highest BCUT2D eigenvalue weighted by molar-refractivity contribution is 6.56. The van der Waals surface area contributed by atoms with Gasteiger partial charge in [0.15, 0.2) is 11.6 Å². The summed E-state index contributed by atoms with van der Waals surface area (Å²) in [5.41, 5.74) is 0.374. The van der Waals surface area contributed by atoms with Crippen molar-refractivity contribution in [3.8, 4) is 0 Å². The van der Waals surface area contributed by atoms with E-state index in [1.807, 2.05) is 0 Å². The summed E-state index contributed by atoms with van der Waals surface area (Å²) in [7, 11) is 0. The lowest BCUT2D eigenvalue weighted by atomic mass is 9.87. The fourth-order valence-corrected chi connectivity index (χ4v) is 3.22. The van der Waals surface area contributed by atoms with E-state index < -0.39 is 28.8 Å². The van der Waals surface area contributed by atoms with Crippen LogP contribution in [0.2, 0.25) is 0 Å². The minimum Gasteiger partial charge on any atom is -0.295 e. The molecular weight excluding hydrogens is 341 g/mol. The second-order valence-corrected chi connectivity index (χ2v) is 6.29. The Kier molecular flexibility index (Phi) is 3.78. The normalized spacial score (nSPS) is 26.3. The average molecular weight is 350 g/mol. The van der Waals surface area contributed by atoms with Crippen LogP contribution in [-0.2, 0) is 9.59 Å². The highest BCUT2D eigenvalue weighted by Gasteiger charge is 2.44. The molecule has 23 heavy (non-hydrogen) atoms. The van der Waals surface area contributed by atoms with Crippen molar-refractivity contribution >= 4 is 52.0 Å². The van der Waals surface area contributed by atoms with Crippen molar-refractivity contribution < 1.29 is 19.2 Å². The number of Topliss-reactive ketones (excluding diaryl/α,β-unsaturated/α-hetero) is 3. The third-order valence-electron chi connectivity index (χ3n) is 3.64. The summed E-state index contributed by atoms with van der Waals surface area (Å²) >= 11 is 11.8. The highest BCUT2D eigenvalue weighted by atomic mass is 35.5. The number of allylic oxidation sites excluding steroid dienone is 1. The van der Waals surface area contributed by atoms with E-state index in [1.165, 1.54) is 6.07 Å². The highest BCUT2D eigenvalue weighted by Crippen LogP contribution is 2.34. The van der Waals surface area contributed by atoms with Gasteiger partial charge in [-0.1, -0.05) is 47.5 Å². The number of ketones is 4. The summed E-state index contributed by atoms with van der Waals surface area (Å²) in [5, 5.41) is -0.337. The van der Waals surface area contributed by atoms with Crippen LogP contribution in [0.3, 0.4) is 0 Å². The number of carbonyl (C=O) groups excluding carboxylic acids is 4. The second kappa shape index (κ2) is 5.51. The summed E-state index contributed by atoms with van der Waals surface area (Å²) in [6.45, 7) is 0. The summed E-state index contributed by atoms with van der Waals surface area (Å²) in [6, 6.07) is 6.34. The van der Waals surface area contributed by atoms with Crippen molar-refractivity contribution in [2.24, 2.45) is 4.99 Å². The Hall–Kier alpha value is -2.11. The molecule has 1 atom stereocenters. The van der Waals surface area contributed by atoms with Crippen molar-refractivity contribution in [1.82, 2.24) is 0 Å². The molecule has 1 aromatic carbocycles. The van der Waals surface area contributed by atoms with Gasteiger partial charge in [0.2, 0.25) is 16.6 Å². The first-order chi connectivity index (χ1) is 10.8. The van der Waals surface area contributed by atoms with Crippen LogP contribution in [0, 0.1) is 0 Å². The van der Waals surface area contributed by atoms with Crippen molar-refractivity contribution in [2.45, 2.75) is 17.8 Å². The number of rotatable bonds is 1. The molecule has 0 heterocycles. The largest absolute Gasteiger partial charge is 0.295 e. The van der Waals surface area contributed by atoms with Crippen molar-refractivity contribution in [1.29, 1.82) is 0 Å². The third-order valence-corrected chi connectivity index (χ3v) is 4.31. The second-order valence-electron chi connectivity index (χ2n) is 5.26. The lowest BCUT2D eigenvalue weighted by molar-refractivity contribution is -0.123. The van der Waals surface area contributed by atoms with Crippen LogP contribution in [0.5, 0.6) is 0 Å². The molecule has 116 valence electrons. The molecule has 7 heteroatoms. The molecule has 0 N–H and O–H groups in total. The monoisotopic (exact) mass is 349 g/mol. The number of hydrogen-bond donors (Lipinski definition) is 0. The molecule has 0 spiro atoms. The zero-order chi connectivity index (χ0) is 16.8. The van der Waals surface area contributed by atoms with E-state index in [1.54, 1.807) is 18.2 Å². The minimum absolute atomic E-state index is 0.142. The predicted octanol–water partition coefficient (Wildman–Crippen LogP) is 2.50. The number of halogens is 2. The SMILES string of the molecule is O=C1C=C(Cl)C(=O)C(Cl)(N=C2CC(=O)c3ccccc3C2=O)C1. The van der Waals surface area contributed by atoms with Gasteiger partial charge in [0.1, 0.15) is 0 Å². The van der Waals surface area contributed by atoms with Gasteiger partial charge >= 0.3 is 0 Å². The molecular formula is C16H9Cl2NO4. The standard InChI is InChI=1S/C16H9Cl2NO4/c17-11-5-8(20)7-16(18,15(11)23)19-12-6-13(21)9-3-1-2-4-10(9)14(12)22/h1-5H,6-7H2. The predicted molar refractivity (Wildman–Crippen MR) is 84.3 cm³/mol. The fourth-order valence-electron chi connectivity index (χ4n) is 2.55. The maximum Gasteiger partial charge on any atom is 0.217 e. The third kappa shape index (κ3) is 2.66. The van der Waals surface area contributed by atoms with Crippen LogP contribution in [0.4, 0.5) is 0 Å². The molecule has 0 radical (unpaired) electrons. The van der Waals surface area contributed by atoms with E-state index in [-0.39, 0.29) is 28.5 Å². The van der Waals surface area contributed by atoms with Crippen LogP contribution >= 0.6 is 23.2 Å². The van der Waals surface area contributed by atoms with E-state index >= 15 is 0 Å². The van der Waals surface area contributed by atoms with Crippen LogP contribution in [-0.4, -0.2) is 33.8 Å². The van der Waals surface area contributed by atoms with E-state index in [9.17, 15) is 19.2 Å². The van der Waals surface area contributed by atoms with Crippen molar-refractivity contribution in [3.63, 3.8) is 0 Å². The van der Waals surface area contributed by atoms with E-state index in [4.69, 9.17) is 23.2 Å². The Labute approximate surface area is 141 Å². The van der Waals surface area contributed by atoms with Crippen LogP contribution in [0.1, 0.15) is 33.6 Å². The first kappa shape index (κ1) is 15.8. The van der Waals surface area contributed by atoms with Gasteiger partial charge in [-0.05, 0) is 0 Å². The number of hydrogen-bond acceptors (Lipinski definition) is 5. The molecule has 3 rings (SSSR count). The lowest BCUT2D eigenvalue weighted by Crippen LogP contribution is -2.39. The van der Waals surface area contributed by atoms with Gasteiger partial charge in [-0.3, -0.25) is 24.2 Å². The molecule has 5 nitrogen and oxygen atoms in total. The number of benzene rings is 1. The van der Waals surface area contributed by atoms with Crippen LogP contribution < -0.4 is 0 Å². The van der Waals surface area contributed by atoms with Gasteiger partial charge in [0.25, 0.3) is 0 Å². The maximum atomic E-state index is 12.5. The van der Waals surface area contributed by atoms with Crippen LogP contribution in [0.25, 0.3) is 0 Å². The fraction of sp³-hybridized carbons (Fsp3) is 0.188. The molecule has 0 bridgehead atoms. The Morgan fingerprint density at radius 1 is 1.04 bits per heavy atom. The minimum atomic E-state index is -1.97. The average Bonchev–Trinajstić information content (AvgIpc) is 2.50. The Balaban J connectivity index is 2.06. The van der Waals surface area contributed by atoms with Gasteiger partial charge in [-0.2, -0.15) is 0 Å². The van der Waals surface area contributed by atoms with Crippen molar-refractivity contribution in [3.05, 3.63) is 46.5 Å². The Morgan fingerprint density at radius 2 is 1.70 bits per heavy atom. The molecule has 0 aliphatic heterocycles. The van der Waals surface area contributed by atoms with Crippen LogP contribution in [0.15, 0.2) is 40.4 Å². The molecule has 2 aliphatic carbocycles. The number of fused-ring (bicyclic) bond motifs is 1. The lowest BCUT2D eigenvalue weighted by Gasteiger charge is -2.25. The first-order valence-corrected chi connectivity index (χ1v) is 7.47. The quantitative estimate of drug-likeness (QED) is 0.576. The molecule has 0 amide bonds. The zero-order valence-electron chi connectivity index (χ0n) is 11.6. The zero-order valence-corrected chi connectivity index (χ0v) is 13.1. The van der Waals surface area contributed by atoms with E-state index in [2.05, 4.69) is 4.99 Å². The van der Waals surface area contributed by atoms with Gasteiger partial charge in [0.05, 0.1) is 23.6 Å². The number of carbonyl (C=O) groups is 4. The van der Waals surface area contributed by atoms with Gasteiger partial charge in [-0.15, -0.1) is 0 Å². The number of aliphatic imine (C=N–C) groups is 1. The molecule has 1 aromatic rings. The van der Waals surface area contributed by atoms with Gasteiger partial charge in [0, 0.05) is 17.2 Å².